The van der Waals surface area contributed by atoms with E-state index in [-0.39, 0.29) is 5.56 Å². The smallest absolute Gasteiger partial charge is 0.261 e. The third-order valence-electron chi connectivity index (χ3n) is 2.74. The van der Waals surface area contributed by atoms with E-state index in [1.165, 1.54) is 4.57 Å². The Morgan fingerprint density at radius 3 is 2.69 bits per heavy atom. The summed E-state index contributed by atoms with van der Waals surface area (Å²) in [5, 5.41) is 1.52. The van der Waals surface area contributed by atoms with Crippen molar-refractivity contribution in [2.45, 2.75) is 6.92 Å². The van der Waals surface area contributed by atoms with Crippen molar-refractivity contribution in [3.8, 4) is 0 Å². The molecule has 0 aliphatic carbocycles. The van der Waals surface area contributed by atoms with E-state index >= 15 is 0 Å². The number of pyridine rings is 1. The maximum atomic E-state index is 12.0. The van der Waals surface area contributed by atoms with E-state index in [4.69, 9.17) is 4.42 Å². The fourth-order valence-corrected chi connectivity index (χ4v) is 1.97. The molecule has 16 heavy (non-hydrogen) atoms. The van der Waals surface area contributed by atoms with Crippen LogP contribution in [0, 0.1) is 6.92 Å². The number of hydrogen-bond donors (Lipinski definition) is 0. The van der Waals surface area contributed by atoms with Gasteiger partial charge >= 0.3 is 0 Å². The molecular weight excluding hydrogens is 204 g/mol. The minimum atomic E-state index is -0.0562. The Bertz CT molecular complexity index is 753. The van der Waals surface area contributed by atoms with Gasteiger partial charge in [0, 0.05) is 24.7 Å². The molecule has 0 unspecified atom stereocenters. The maximum absolute atomic E-state index is 12.0. The third-order valence-corrected chi connectivity index (χ3v) is 2.74. The average Bonchev–Trinajstić information content (AvgIpc) is 2.68. The summed E-state index contributed by atoms with van der Waals surface area (Å²) in [6, 6.07) is 7.44. The second-order valence-corrected chi connectivity index (χ2v) is 3.80. The fourth-order valence-electron chi connectivity index (χ4n) is 1.97. The molecule has 0 amide bonds. The number of fused-ring (bicyclic) bond motifs is 3. The monoisotopic (exact) mass is 214 g/mol. The van der Waals surface area contributed by atoms with E-state index in [0.717, 1.165) is 10.9 Å². The Balaban J connectivity index is 2.73. The third kappa shape index (κ3) is 1.04. The van der Waals surface area contributed by atoms with Crippen molar-refractivity contribution < 1.29 is 4.42 Å². The molecule has 0 fully saturated rings. The minimum Gasteiger partial charge on any atom is -0.424 e. The molecule has 4 nitrogen and oxygen atoms in total. The van der Waals surface area contributed by atoms with E-state index in [1.807, 2.05) is 18.2 Å². The van der Waals surface area contributed by atoms with Gasteiger partial charge in [-0.1, -0.05) is 18.2 Å². The Kier molecular flexibility index (Phi) is 1.68. The lowest BCUT2D eigenvalue weighted by atomic mass is 10.1. The minimum absolute atomic E-state index is 0.0562. The van der Waals surface area contributed by atoms with Gasteiger partial charge in [0.2, 0.25) is 5.71 Å². The molecule has 0 aliphatic rings. The van der Waals surface area contributed by atoms with Crippen LogP contribution in [0.5, 0.6) is 0 Å². The predicted octanol–water partition coefficient (Wildman–Crippen LogP) is 1.99. The highest BCUT2D eigenvalue weighted by Gasteiger charge is 2.12. The van der Waals surface area contributed by atoms with Gasteiger partial charge in [-0.3, -0.25) is 9.36 Å². The second-order valence-electron chi connectivity index (χ2n) is 3.80. The molecule has 0 saturated carbocycles. The number of oxazole rings is 1. The van der Waals surface area contributed by atoms with Crippen LogP contribution in [0.15, 0.2) is 33.5 Å². The number of aromatic nitrogens is 2. The van der Waals surface area contributed by atoms with E-state index in [2.05, 4.69) is 4.98 Å². The van der Waals surface area contributed by atoms with Crippen molar-refractivity contribution in [2.75, 3.05) is 0 Å². The number of aryl methyl sites for hydroxylation is 2. The first-order valence-corrected chi connectivity index (χ1v) is 5.03. The first kappa shape index (κ1) is 9.15. The SMILES string of the molecule is Cc1nc2c3ccccc3c(=O)n(C)c2o1. The lowest BCUT2D eigenvalue weighted by molar-refractivity contribution is 0.534. The first-order chi connectivity index (χ1) is 7.68. The van der Waals surface area contributed by atoms with Crippen LogP contribution in [0.3, 0.4) is 0 Å². The summed E-state index contributed by atoms with van der Waals surface area (Å²) in [5.41, 5.74) is 1.22. The lowest BCUT2D eigenvalue weighted by Crippen LogP contribution is -2.16. The van der Waals surface area contributed by atoms with Crippen molar-refractivity contribution in [2.24, 2.45) is 7.05 Å². The zero-order chi connectivity index (χ0) is 11.3. The Labute approximate surface area is 91.1 Å². The quantitative estimate of drug-likeness (QED) is 0.575. The summed E-state index contributed by atoms with van der Waals surface area (Å²) in [6.45, 7) is 1.78. The summed E-state index contributed by atoms with van der Waals surface area (Å²) >= 11 is 0. The molecule has 3 rings (SSSR count). The molecule has 0 atom stereocenters. The first-order valence-electron chi connectivity index (χ1n) is 5.03. The van der Waals surface area contributed by atoms with Gasteiger partial charge in [0.05, 0.1) is 0 Å². The normalized spacial score (nSPS) is 11.4. The van der Waals surface area contributed by atoms with Gasteiger partial charge in [0.1, 0.15) is 5.52 Å². The highest BCUT2D eigenvalue weighted by atomic mass is 16.4. The second kappa shape index (κ2) is 2.95. The van der Waals surface area contributed by atoms with Crippen molar-refractivity contribution in [3.05, 3.63) is 40.5 Å². The highest BCUT2D eigenvalue weighted by Crippen LogP contribution is 2.21. The van der Waals surface area contributed by atoms with Crippen molar-refractivity contribution >= 4 is 22.0 Å². The van der Waals surface area contributed by atoms with Crippen LogP contribution in [-0.4, -0.2) is 9.55 Å². The fraction of sp³-hybridized carbons (Fsp3) is 0.167. The van der Waals surface area contributed by atoms with Gasteiger partial charge in [0.15, 0.2) is 5.89 Å². The molecule has 0 saturated heterocycles. The van der Waals surface area contributed by atoms with E-state index in [0.29, 0.717) is 17.0 Å². The van der Waals surface area contributed by atoms with Gasteiger partial charge in [-0.15, -0.1) is 0 Å². The van der Waals surface area contributed by atoms with E-state index < -0.39 is 0 Å². The topological polar surface area (TPSA) is 48.0 Å². The molecule has 2 aromatic heterocycles. The number of rotatable bonds is 0. The zero-order valence-electron chi connectivity index (χ0n) is 9.02. The summed E-state index contributed by atoms with van der Waals surface area (Å²) in [7, 11) is 1.70. The molecule has 0 N–H and O–H groups in total. The molecule has 0 aliphatic heterocycles. The van der Waals surface area contributed by atoms with E-state index in [1.54, 1.807) is 20.0 Å². The van der Waals surface area contributed by atoms with Crippen molar-refractivity contribution in [1.82, 2.24) is 9.55 Å². The van der Waals surface area contributed by atoms with Crippen LogP contribution in [0.4, 0.5) is 0 Å². The molecule has 0 radical (unpaired) electrons. The molecule has 0 spiro atoms. The molecule has 80 valence electrons. The van der Waals surface area contributed by atoms with Crippen molar-refractivity contribution in [3.63, 3.8) is 0 Å². The molecule has 2 heterocycles. The largest absolute Gasteiger partial charge is 0.424 e. The van der Waals surface area contributed by atoms with Crippen LogP contribution in [-0.2, 0) is 7.05 Å². The standard InChI is InChI=1S/C12H10N2O2/c1-7-13-10-8-5-3-4-6-9(8)11(15)14(2)12(10)16-7/h3-6H,1-2H3. The highest BCUT2D eigenvalue weighted by molar-refractivity contribution is 6.01. The Morgan fingerprint density at radius 2 is 1.94 bits per heavy atom. The van der Waals surface area contributed by atoms with Gasteiger partial charge in [0.25, 0.3) is 5.56 Å². The molecule has 1 aromatic carbocycles. The molecule has 3 aromatic rings. The number of nitrogens with zero attached hydrogens (tertiary/aromatic N) is 2. The van der Waals surface area contributed by atoms with Crippen LogP contribution in [0.1, 0.15) is 5.89 Å². The summed E-state index contributed by atoms with van der Waals surface area (Å²) < 4.78 is 6.94. The number of benzene rings is 1. The number of hydrogen-bond acceptors (Lipinski definition) is 3. The zero-order valence-corrected chi connectivity index (χ0v) is 9.02. The summed E-state index contributed by atoms with van der Waals surface area (Å²) in [5.74, 6) is 0.571. The van der Waals surface area contributed by atoms with Gasteiger partial charge < -0.3 is 4.42 Å². The van der Waals surface area contributed by atoms with Gasteiger partial charge in [-0.05, 0) is 6.07 Å². The van der Waals surface area contributed by atoms with Gasteiger partial charge in [-0.2, -0.15) is 0 Å². The van der Waals surface area contributed by atoms with Crippen LogP contribution >= 0.6 is 0 Å². The summed E-state index contributed by atoms with van der Waals surface area (Å²) in [6.07, 6.45) is 0. The van der Waals surface area contributed by atoms with Gasteiger partial charge in [-0.25, -0.2) is 4.98 Å². The lowest BCUT2D eigenvalue weighted by Gasteiger charge is -2.01. The Morgan fingerprint density at radius 1 is 1.25 bits per heavy atom. The molecule has 0 bridgehead atoms. The predicted molar refractivity (Wildman–Crippen MR) is 61.5 cm³/mol. The molecular formula is C12H10N2O2. The molecule has 4 heteroatoms. The van der Waals surface area contributed by atoms with E-state index in [9.17, 15) is 4.79 Å². The van der Waals surface area contributed by atoms with Crippen LogP contribution in [0.2, 0.25) is 0 Å². The van der Waals surface area contributed by atoms with Crippen LogP contribution < -0.4 is 5.56 Å². The maximum Gasteiger partial charge on any atom is 0.261 e. The van der Waals surface area contributed by atoms with Crippen LogP contribution in [0.25, 0.3) is 22.0 Å². The Hall–Kier alpha value is -2.10. The average molecular weight is 214 g/mol. The van der Waals surface area contributed by atoms with Crippen molar-refractivity contribution in [1.29, 1.82) is 0 Å². The summed E-state index contributed by atoms with van der Waals surface area (Å²) in [4.78, 5) is 16.3.